The number of hydrogen-bond acceptors (Lipinski definition) is 2. The molecular weight excluding hydrogens is 465 g/mol. The summed E-state index contributed by atoms with van der Waals surface area (Å²) in [5, 5.41) is 3.27. The fourth-order valence-electron chi connectivity index (χ4n) is 4.24. The lowest BCUT2D eigenvalue weighted by molar-refractivity contribution is -0.137. The predicted octanol–water partition coefficient (Wildman–Crippen LogP) is 5.53. The Morgan fingerprint density at radius 2 is 1.68 bits per heavy atom. The molecule has 0 spiro atoms. The molecule has 0 saturated carbocycles. The molecule has 2 atom stereocenters. The molecule has 1 aliphatic heterocycles. The number of likely N-dealkylation sites (tertiary alicyclic amines) is 1. The van der Waals surface area contributed by atoms with E-state index in [-0.39, 0.29) is 31.4 Å². The van der Waals surface area contributed by atoms with Gasteiger partial charge in [-0.3, -0.25) is 9.59 Å². The molecule has 1 fully saturated rings. The third-order valence-corrected chi connectivity index (χ3v) is 6.20. The summed E-state index contributed by atoms with van der Waals surface area (Å²) < 4.78 is 40.0. The first-order valence-electron chi connectivity index (χ1n) is 10.8. The van der Waals surface area contributed by atoms with Crippen LogP contribution in [0, 0.1) is 5.92 Å². The van der Waals surface area contributed by atoms with Gasteiger partial charge in [0.15, 0.2) is 0 Å². The van der Waals surface area contributed by atoms with Crippen LogP contribution in [0.25, 0.3) is 0 Å². The number of alkyl halides is 3. The van der Waals surface area contributed by atoms with Crippen molar-refractivity contribution in [1.82, 2.24) is 10.2 Å². The first-order chi connectivity index (χ1) is 16.2. The SMILES string of the molecule is O=C(NCc1ccccc1)[C@H]1CN(C(=O)c2cccc(Cl)c2)C[C@@H]1c1cccc(C(F)(F)F)c1. The van der Waals surface area contributed by atoms with Crippen LogP contribution in [-0.2, 0) is 17.5 Å². The van der Waals surface area contributed by atoms with Crippen LogP contribution in [0.2, 0.25) is 5.02 Å². The van der Waals surface area contributed by atoms with Gasteiger partial charge in [0, 0.05) is 36.1 Å². The highest BCUT2D eigenvalue weighted by Crippen LogP contribution is 2.37. The smallest absolute Gasteiger partial charge is 0.352 e. The third-order valence-electron chi connectivity index (χ3n) is 5.97. The monoisotopic (exact) mass is 486 g/mol. The number of benzene rings is 3. The standard InChI is InChI=1S/C26H22ClF3N2O2/c27-21-11-5-9-19(13-21)25(34)32-15-22(18-8-4-10-20(12-18)26(28,29)30)23(16-32)24(33)31-14-17-6-2-1-3-7-17/h1-13,22-23H,14-16H2,(H,31,33)/t22-,23+/m1/s1. The van der Waals surface area contributed by atoms with Crippen LogP contribution >= 0.6 is 11.6 Å². The van der Waals surface area contributed by atoms with Crippen molar-refractivity contribution in [1.29, 1.82) is 0 Å². The van der Waals surface area contributed by atoms with Crippen LogP contribution in [0.3, 0.4) is 0 Å². The Balaban J connectivity index is 1.60. The molecule has 0 aromatic heterocycles. The van der Waals surface area contributed by atoms with Crippen molar-refractivity contribution >= 4 is 23.4 Å². The Morgan fingerprint density at radius 1 is 0.941 bits per heavy atom. The average molecular weight is 487 g/mol. The van der Waals surface area contributed by atoms with Gasteiger partial charge >= 0.3 is 6.18 Å². The van der Waals surface area contributed by atoms with E-state index in [1.165, 1.54) is 17.0 Å². The van der Waals surface area contributed by atoms with Crippen molar-refractivity contribution < 1.29 is 22.8 Å². The van der Waals surface area contributed by atoms with Gasteiger partial charge < -0.3 is 10.2 Å². The van der Waals surface area contributed by atoms with Gasteiger partial charge in [-0.1, -0.05) is 66.2 Å². The summed E-state index contributed by atoms with van der Waals surface area (Å²) >= 11 is 6.02. The van der Waals surface area contributed by atoms with Crippen LogP contribution < -0.4 is 5.32 Å². The van der Waals surface area contributed by atoms with Crippen molar-refractivity contribution in [3.05, 3.63) is 106 Å². The number of rotatable bonds is 5. The molecule has 4 nitrogen and oxygen atoms in total. The van der Waals surface area contributed by atoms with Gasteiger partial charge in [0.1, 0.15) is 0 Å². The highest BCUT2D eigenvalue weighted by molar-refractivity contribution is 6.30. The predicted molar refractivity (Wildman–Crippen MR) is 123 cm³/mol. The van der Waals surface area contributed by atoms with E-state index in [1.54, 1.807) is 24.3 Å². The number of halogens is 4. The topological polar surface area (TPSA) is 49.4 Å². The summed E-state index contributed by atoms with van der Waals surface area (Å²) in [4.78, 5) is 27.8. The molecule has 34 heavy (non-hydrogen) atoms. The van der Waals surface area contributed by atoms with E-state index in [0.29, 0.717) is 16.1 Å². The summed E-state index contributed by atoms with van der Waals surface area (Å²) in [5.74, 6) is -1.91. The highest BCUT2D eigenvalue weighted by atomic mass is 35.5. The molecule has 1 saturated heterocycles. The number of nitrogens with zero attached hydrogens (tertiary/aromatic N) is 1. The highest BCUT2D eigenvalue weighted by Gasteiger charge is 2.41. The lowest BCUT2D eigenvalue weighted by Gasteiger charge is -2.19. The molecule has 4 rings (SSSR count). The quantitative estimate of drug-likeness (QED) is 0.515. The lowest BCUT2D eigenvalue weighted by atomic mass is 9.87. The average Bonchev–Trinajstić information content (AvgIpc) is 3.28. The summed E-state index contributed by atoms with van der Waals surface area (Å²) in [7, 11) is 0. The molecular formula is C26H22ClF3N2O2. The second-order valence-electron chi connectivity index (χ2n) is 8.26. The summed E-state index contributed by atoms with van der Waals surface area (Å²) in [6.07, 6.45) is -4.50. The first-order valence-corrected chi connectivity index (χ1v) is 11.1. The number of hydrogen-bond donors (Lipinski definition) is 1. The normalized spacial score (nSPS) is 18.1. The van der Waals surface area contributed by atoms with Gasteiger partial charge in [-0.2, -0.15) is 13.2 Å². The molecule has 3 aromatic carbocycles. The lowest BCUT2D eigenvalue weighted by Crippen LogP contribution is -2.35. The fourth-order valence-corrected chi connectivity index (χ4v) is 4.43. The first kappa shape index (κ1) is 23.8. The van der Waals surface area contributed by atoms with Gasteiger partial charge in [-0.15, -0.1) is 0 Å². The molecule has 0 radical (unpaired) electrons. The summed E-state index contributed by atoms with van der Waals surface area (Å²) in [6, 6.07) is 20.7. The maximum Gasteiger partial charge on any atom is 0.416 e. The Labute approximate surface area is 200 Å². The third kappa shape index (κ3) is 5.42. The number of amides is 2. The molecule has 1 heterocycles. The summed E-state index contributed by atoms with van der Waals surface area (Å²) in [5.41, 5.74) is 0.848. The maximum atomic E-state index is 13.3. The van der Waals surface area contributed by atoms with E-state index in [1.807, 2.05) is 30.3 Å². The molecule has 1 N–H and O–H groups in total. The minimum Gasteiger partial charge on any atom is -0.352 e. The molecule has 0 bridgehead atoms. The summed E-state index contributed by atoms with van der Waals surface area (Å²) in [6.45, 7) is 0.497. The van der Waals surface area contributed by atoms with Gasteiger partial charge in [0.2, 0.25) is 5.91 Å². The molecule has 8 heteroatoms. The van der Waals surface area contributed by atoms with Crippen molar-refractivity contribution in [2.24, 2.45) is 5.92 Å². The minimum atomic E-state index is -4.50. The number of nitrogens with one attached hydrogen (secondary N) is 1. The van der Waals surface area contributed by atoms with Gasteiger partial charge in [0.25, 0.3) is 5.91 Å². The largest absolute Gasteiger partial charge is 0.416 e. The zero-order valence-electron chi connectivity index (χ0n) is 18.1. The van der Waals surface area contributed by atoms with Crippen LogP contribution in [0.4, 0.5) is 13.2 Å². The van der Waals surface area contributed by atoms with Crippen LogP contribution in [0.1, 0.15) is 33.0 Å². The second kappa shape index (κ2) is 9.89. The maximum absolute atomic E-state index is 13.3. The van der Waals surface area contributed by atoms with Gasteiger partial charge in [-0.05, 0) is 35.4 Å². The van der Waals surface area contributed by atoms with Crippen LogP contribution in [0.5, 0.6) is 0 Å². The molecule has 176 valence electrons. The Kier molecular flexibility index (Phi) is 6.93. The Bertz CT molecular complexity index is 1180. The van der Waals surface area contributed by atoms with Crippen LogP contribution in [-0.4, -0.2) is 29.8 Å². The van der Waals surface area contributed by atoms with E-state index in [0.717, 1.165) is 17.7 Å². The van der Waals surface area contributed by atoms with Crippen molar-refractivity contribution in [3.8, 4) is 0 Å². The van der Waals surface area contributed by atoms with E-state index < -0.39 is 23.6 Å². The van der Waals surface area contributed by atoms with E-state index in [4.69, 9.17) is 11.6 Å². The molecule has 3 aromatic rings. The minimum absolute atomic E-state index is 0.0902. The van der Waals surface area contributed by atoms with Gasteiger partial charge in [-0.25, -0.2) is 0 Å². The molecule has 1 aliphatic rings. The second-order valence-corrected chi connectivity index (χ2v) is 8.70. The van der Waals surface area contributed by atoms with Crippen molar-refractivity contribution in [3.63, 3.8) is 0 Å². The Morgan fingerprint density at radius 3 is 2.38 bits per heavy atom. The van der Waals surface area contributed by atoms with E-state index in [9.17, 15) is 22.8 Å². The molecule has 2 amide bonds. The molecule has 0 unspecified atom stereocenters. The van der Waals surface area contributed by atoms with Crippen LogP contribution in [0.15, 0.2) is 78.9 Å². The number of carbonyl (C=O) groups excluding carboxylic acids is 2. The zero-order chi connectivity index (χ0) is 24.3. The zero-order valence-corrected chi connectivity index (χ0v) is 18.8. The van der Waals surface area contributed by atoms with Gasteiger partial charge in [0.05, 0.1) is 11.5 Å². The Hall–Kier alpha value is -3.32. The fraction of sp³-hybridized carbons (Fsp3) is 0.231. The van der Waals surface area contributed by atoms with E-state index >= 15 is 0 Å². The number of carbonyl (C=O) groups is 2. The van der Waals surface area contributed by atoms with E-state index in [2.05, 4.69) is 5.32 Å². The van der Waals surface area contributed by atoms with Crippen molar-refractivity contribution in [2.75, 3.05) is 13.1 Å². The molecule has 0 aliphatic carbocycles. The van der Waals surface area contributed by atoms with Crippen molar-refractivity contribution in [2.45, 2.75) is 18.6 Å².